The van der Waals surface area contributed by atoms with Crippen LogP contribution >= 0.6 is 23.2 Å². The van der Waals surface area contributed by atoms with E-state index >= 15 is 0 Å². The van der Waals surface area contributed by atoms with Crippen LogP contribution in [0.2, 0.25) is 10.0 Å². The Morgan fingerprint density at radius 3 is 2.56 bits per heavy atom. The van der Waals surface area contributed by atoms with Crippen molar-refractivity contribution in [2.24, 2.45) is 15.9 Å². The summed E-state index contributed by atoms with van der Waals surface area (Å²) in [6, 6.07) is 10.5. The molecule has 0 atom stereocenters. The molecule has 4 bridgehead atoms. The molecule has 6 rings (SSSR count). The standard InChI is InChI=1S/C27H32Cl2N6O4/c1-2-39-35-23-15-24(36)34-27(30)32-16-18-13-21(28)26(22(29)14-18)33-25(37)17-31-11-5-3-4-6-12-38-20-9-7-19(23)8-10-20/h4,6-10,13-14,31H,2-3,5,11-12,15-17H2,1H3,(H,33,37)(H3,30,32,34,36)/b6-4+,35-23+. The molecule has 0 fully saturated rings. The summed E-state index contributed by atoms with van der Waals surface area (Å²) in [5, 5.41) is 13.3. The van der Waals surface area contributed by atoms with Crippen LogP contribution in [0.15, 0.2) is 58.7 Å². The third-order valence-electron chi connectivity index (χ3n) is 5.42. The molecule has 0 unspecified atom stereocenters. The molecule has 0 aliphatic carbocycles. The average Bonchev–Trinajstić information content (AvgIpc) is 2.91. The highest BCUT2D eigenvalue weighted by atomic mass is 35.5. The first-order valence-electron chi connectivity index (χ1n) is 12.5. The molecule has 12 heteroatoms. The molecule has 0 spiro atoms. The molecule has 0 radical (unpaired) electrons. The van der Waals surface area contributed by atoms with Gasteiger partial charge in [0.25, 0.3) is 5.91 Å². The fraction of sp³-hybridized carbons (Fsp3) is 0.333. The van der Waals surface area contributed by atoms with E-state index in [0.717, 1.165) is 12.8 Å². The number of rotatable bonds is 2. The van der Waals surface area contributed by atoms with E-state index in [1.807, 2.05) is 12.2 Å². The molecule has 2 aromatic carbocycles. The maximum Gasteiger partial charge on any atom is 0.255 e. The summed E-state index contributed by atoms with van der Waals surface area (Å²) in [6.07, 6.45) is 5.54. The molecule has 5 N–H and O–H groups in total. The van der Waals surface area contributed by atoms with E-state index in [0.29, 0.717) is 48.0 Å². The molecular weight excluding hydrogens is 543 g/mol. The van der Waals surface area contributed by atoms with Gasteiger partial charge in [-0.05, 0) is 68.3 Å². The predicted molar refractivity (Wildman–Crippen MR) is 155 cm³/mol. The zero-order valence-corrected chi connectivity index (χ0v) is 23.1. The van der Waals surface area contributed by atoms with Crippen LogP contribution in [0.5, 0.6) is 5.75 Å². The second-order valence-corrected chi connectivity index (χ2v) is 9.30. The van der Waals surface area contributed by atoms with Gasteiger partial charge in [0, 0.05) is 12.1 Å². The van der Waals surface area contributed by atoms with Crippen LogP contribution in [-0.4, -0.2) is 49.8 Å². The van der Waals surface area contributed by atoms with Crippen molar-refractivity contribution in [1.29, 1.82) is 0 Å². The number of aliphatic imine (C=N–C) groups is 1. The van der Waals surface area contributed by atoms with Gasteiger partial charge >= 0.3 is 0 Å². The Morgan fingerprint density at radius 2 is 1.85 bits per heavy atom. The van der Waals surface area contributed by atoms with Crippen LogP contribution in [-0.2, 0) is 21.0 Å². The van der Waals surface area contributed by atoms with Crippen molar-refractivity contribution in [2.75, 3.05) is 31.6 Å². The summed E-state index contributed by atoms with van der Waals surface area (Å²) < 4.78 is 5.75. The molecule has 0 aromatic heterocycles. The Hall–Kier alpha value is -3.60. The van der Waals surface area contributed by atoms with Crippen LogP contribution in [0, 0.1) is 0 Å². The lowest BCUT2D eigenvalue weighted by molar-refractivity contribution is -0.117. The Morgan fingerprint density at radius 1 is 1.10 bits per heavy atom. The first-order chi connectivity index (χ1) is 18.9. The van der Waals surface area contributed by atoms with E-state index in [-0.39, 0.29) is 41.4 Å². The van der Waals surface area contributed by atoms with Gasteiger partial charge in [0.2, 0.25) is 5.91 Å². The molecule has 208 valence electrons. The van der Waals surface area contributed by atoms with E-state index in [9.17, 15) is 9.59 Å². The normalized spacial score (nSPS) is 19.5. The van der Waals surface area contributed by atoms with E-state index in [2.05, 4.69) is 26.1 Å². The summed E-state index contributed by atoms with van der Waals surface area (Å²) in [5.41, 5.74) is 8.05. The number of anilines is 1. The largest absolute Gasteiger partial charge is 0.490 e. The number of halogens is 2. The van der Waals surface area contributed by atoms with Gasteiger partial charge in [0.05, 0.1) is 34.4 Å². The lowest BCUT2D eigenvalue weighted by Gasteiger charge is -2.13. The minimum Gasteiger partial charge on any atom is -0.490 e. The maximum absolute atomic E-state index is 12.6. The number of amides is 2. The zero-order valence-electron chi connectivity index (χ0n) is 21.6. The van der Waals surface area contributed by atoms with Crippen LogP contribution < -0.4 is 26.4 Å². The quantitative estimate of drug-likeness (QED) is 0.314. The van der Waals surface area contributed by atoms with E-state index < -0.39 is 5.91 Å². The second kappa shape index (κ2) is 15.7. The second-order valence-electron chi connectivity index (χ2n) is 8.49. The molecule has 2 amide bonds. The minimum atomic E-state index is -0.506. The first-order valence-corrected chi connectivity index (χ1v) is 13.3. The fourth-order valence-corrected chi connectivity index (χ4v) is 4.16. The van der Waals surface area contributed by atoms with Crippen molar-refractivity contribution >= 4 is 52.4 Å². The van der Waals surface area contributed by atoms with Crippen LogP contribution in [0.1, 0.15) is 37.3 Å². The SMILES string of the molecule is CCO/N=C1\CC(=O)/N=C(\N)NCc2cc(Cl)c(c(Cl)c2)NC(=O)CNCCC/C=C/COc2ccc1cc2. The van der Waals surface area contributed by atoms with Gasteiger partial charge in [-0.1, -0.05) is 40.5 Å². The Labute approximate surface area is 237 Å². The van der Waals surface area contributed by atoms with Crippen molar-refractivity contribution in [3.05, 3.63) is 69.7 Å². The number of guanidine groups is 1. The van der Waals surface area contributed by atoms with Crippen molar-refractivity contribution in [1.82, 2.24) is 10.6 Å². The number of oxime groups is 1. The number of nitrogens with two attached hydrogens (primary N) is 1. The van der Waals surface area contributed by atoms with Gasteiger partial charge in [0.1, 0.15) is 19.0 Å². The molecule has 4 heterocycles. The predicted octanol–water partition coefficient (Wildman–Crippen LogP) is 4.01. The first kappa shape index (κ1) is 29.9. The highest BCUT2D eigenvalue weighted by molar-refractivity contribution is 6.39. The third-order valence-corrected chi connectivity index (χ3v) is 6.01. The molecule has 39 heavy (non-hydrogen) atoms. The molecule has 4 aliphatic heterocycles. The molecule has 2 aromatic rings. The summed E-state index contributed by atoms with van der Waals surface area (Å²) in [7, 11) is 0. The number of allylic oxidation sites excluding steroid dienone is 1. The van der Waals surface area contributed by atoms with E-state index in [1.165, 1.54) is 0 Å². The van der Waals surface area contributed by atoms with E-state index in [4.69, 9.17) is 38.5 Å². The van der Waals surface area contributed by atoms with Crippen molar-refractivity contribution < 1.29 is 19.2 Å². The van der Waals surface area contributed by atoms with Gasteiger partial charge < -0.3 is 31.3 Å². The molecule has 4 aliphatic rings. The monoisotopic (exact) mass is 574 g/mol. The maximum atomic E-state index is 12.6. The summed E-state index contributed by atoms with van der Waals surface area (Å²) >= 11 is 12.7. The third kappa shape index (κ3) is 10.2. The number of hydrogen-bond donors (Lipinski definition) is 4. The van der Waals surface area contributed by atoms with Gasteiger partial charge in [-0.15, -0.1) is 0 Å². The van der Waals surface area contributed by atoms with Crippen molar-refractivity contribution in [2.45, 2.75) is 32.7 Å². The van der Waals surface area contributed by atoms with Gasteiger partial charge in [-0.3, -0.25) is 9.59 Å². The van der Waals surface area contributed by atoms with Crippen LogP contribution in [0.3, 0.4) is 0 Å². The molecule has 0 saturated carbocycles. The van der Waals surface area contributed by atoms with Crippen LogP contribution in [0.25, 0.3) is 0 Å². The summed E-state index contributed by atoms with van der Waals surface area (Å²) in [4.78, 5) is 34.1. The van der Waals surface area contributed by atoms with Crippen molar-refractivity contribution in [3.63, 3.8) is 0 Å². The Balaban J connectivity index is 1.78. The molecule has 10 nitrogen and oxygen atoms in total. The number of nitrogens with one attached hydrogen (secondary N) is 3. The Kier molecular flexibility index (Phi) is 12.1. The van der Waals surface area contributed by atoms with Gasteiger partial charge in [-0.25, -0.2) is 0 Å². The topological polar surface area (TPSA) is 139 Å². The highest BCUT2D eigenvalue weighted by Crippen LogP contribution is 2.31. The highest BCUT2D eigenvalue weighted by Gasteiger charge is 2.14. The summed E-state index contributed by atoms with van der Waals surface area (Å²) in [6.45, 7) is 3.55. The van der Waals surface area contributed by atoms with Gasteiger partial charge in [-0.2, -0.15) is 4.99 Å². The number of hydrogen-bond acceptors (Lipinski definition) is 8. The lowest BCUT2D eigenvalue weighted by atomic mass is 10.1. The smallest absolute Gasteiger partial charge is 0.255 e. The number of benzene rings is 2. The number of carbonyl (C=O) groups excluding carboxylic acids is 2. The zero-order chi connectivity index (χ0) is 28.0. The average molecular weight is 575 g/mol. The number of ether oxygens (including phenoxy) is 1. The summed E-state index contributed by atoms with van der Waals surface area (Å²) in [5.74, 6) is -0.167. The van der Waals surface area contributed by atoms with E-state index in [1.54, 1.807) is 43.3 Å². The molecular formula is C27H32Cl2N6O4. The van der Waals surface area contributed by atoms with Crippen LogP contribution in [0.4, 0.5) is 5.69 Å². The fourth-order valence-electron chi connectivity index (χ4n) is 3.53. The molecule has 0 saturated heterocycles. The lowest BCUT2D eigenvalue weighted by Crippen LogP contribution is -2.32. The van der Waals surface area contributed by atoms with Crippen molar-refractivity contribution in [3.8, 4) is 5.75 Å². The number of carbonyl (C=O) groups is 2. The number of nitrogens with zero attached hydrogens (tertiary/aromatic N) is 2. The minimum absolute atomic E-state index is 0.0790. The van der Waals surface area contributed by atoms with Gasteiger partial charge in [0.15, 0.2) is 5.96 Å². The Bertz CT molecular complexity index is 1210.